The number of fused-ring (bicyclic) bond motifs is 1. The molecule has 32 heavy (non-hydrogen) atoms. The highest BCUT2D eigenvalue weighted by Gasteiger charge is 2.35. The number of H-pyrrole nitrogens is 1. The van der Waals surface area contributed by atoms with Gasteiger partial charge in [0.1, 0.15) is 16.9 Å². The Balaban J connectivity index is 1.75. The number of aromatic amines is 1. The van der Waals surface area contributed by atoms with Crippen LogP contribution in [-0.4, -0.2) is 31.8 Å². The number of halogens is 4. The maximum Gasteiger partial charge on any atom is 0.419 e. The lowest BCUT2D eigenvalue weighted by atomic mass is 10.0. The van der Waals surface area contributed by atoms with E-state index < -0.39 is 29.2 Å². The standard InChI is InChI=1S/C20H17ClF3N5O3/c1-10(30)17-26-13-9-29(14-8-25-28-18(31)16(14)21)7-6-11(13)19(27-17)32-15-5-3-2-4-12(15)20(22,23)24/h2-5,8,10,30H,6-7,9H2,1H3,(H,28,31). The van der Waals surface area contributed by atoms with E-state index in [4.69, 9.17) is 16.3 Å². The van der Waals surface area contributed by atoms with E-state index in [1.165, 1.54) is 31.3 Å². The predicted molar refractivity (Wildman–Crippen MR) is 109 cm³/mol. The average molecular weight is 468 g/mol. The summed E-state index contributed by atoms with van der Waals surface area (Å²) in [5, 5.41) is 16.0. The molecule has 0 aliphatic carbocycles. The molecule has 1 unspecified atom stereocenters. The van der Waals surface area contributed by atoms with Gasteiger partial charge in [-0.3, -0.25) is 4.79 Å². The molecular formula is C20H17ClF3N5O3. The number of nitrogens with zero attached hydrogens (tertiary/aromatic N) is 4. The quantitative estimate of drug-likeness (QED) is 0.603. The van der Waals surface area contributed by atoms with Gasteiger partial charge in [0.2, 0.25) is 5.88 Å². The summed E-state index contributed by atoms with van der Waals surface area (Å²) in [5.74, 6) is -0.459. The minimum atomic E-state index is -4.61. The smallest absolute Gasteiger partial charge is 0.419 e. The topological polar surface area (TPSA) is 104 Å². The van der Waals surface area contributed by atoms with Gasteiger partial charge in [-0.05, 0) is 25.5 Å². The molecular weight excluding hydrogens is 451 g/mol. The summed E-state index contributed by atoms with van der Waals surface area (Å²) in [5.41, 5.74) is -0.141. The number of alkyl halides is 3. The average Bonchev–Trinajstić information content (AvgIpc) is 2.74. The monoisotopic (exact) mass is 467 g/mol. The number of ether oxygens (including phenoxy) is 1. The minimum Gasteiger partial charge on any atom is -0.438 e. The number of rotatable bonds is 4. The van der Waals surface area contributed by atoms with Crippen molar-refractivity contribution in [2.24, 2.45) is 0 Å². The molecule has 168 valence electrons. The molecule has 0 amide bonds. The zero-order chi connectivity index (χ0) is 23.0. The fourth-order valence-corrected chi connectivity index (χ4v) is 3.59. The number of anilines is 1. The molecule has 12 heteroatoms. The number of aliphatic hydroxyl groups is 1. The number of aromatic nitrogens is 4. The predicted octanol–water partition coefficient (Wildman–Crippen LogP) is 3.64. The van der Waals surface area contributed by atoms with E-state index in [0.717, 1.165) is 6.07 Å². The third kappa shape index (κ3) is 4.26. The fourth-order valence-electron chi connectivity index (χ4n) is 3.38. The first-order valence-corrected chi connectivity index (χ1v) is 9.93. The molecule has 0 spiro atoms. The molecule has 0 saturated carbocycles. The van der Waals surface area contributed by atoms with Crippen LogP contribution in [0.3, 0.4) is 0 Å². The van der Waals surface area contributed by atoms with E-state index in [9.17, 15) is 23.1 Å². The van der Waals surface area contributed by atoms with Crippen molar-refractivity contribution in [3.8, 4) is 11.6 Å². The van der Waals surface area contributed by atoms with Gasteiger partial charge in [-0.25, -0.2) is 10.1 Å². The number of benzene rings is 1. The Hall–Kier alpha value is -3.18. The van der Waals surface area contributed by atoms with E-state index in [2.05, 4.69) is 20.2 Å². The number of aliphatic hydroxyl groups excluding tert-OH is 1. The SMILES string of the molecule is CC(O)c1nc2c(c(Oc3ccccc3C(F)(F)F)n1)CCN(c1cn[nH]c(=O)c1Cl)C2. The first-order valence-electron chi connectivity index (χ1n) is 9.55. The number of hydrogen-bond acceptors (Lipinski definition) is 7. The first kappa shape index (κ1) is 22.0. The molecule has 1 aliphatic rings. The number of nitrogens with one attached hydrogen (secondary N) is 1. The highest BCUT2D eigenvalue weighted by Crippen LogP contribution is 2.39. The molecule has 1 atom stereocenters. The normalized spacial score (nSPS) is 14.8. The van der Waals surface area contributed by atoms with Gasteiger partial charge in [0.15, 0.2) is 5.82 Å². The van der Waals surface area contributed by atoms with Crippen LogP contribution in [0.4, 0.5) is 18.9 Å². The molecule has 8 nitrogen and oxygen atoms in total. The van der Waals surface area contributed by atoms with Crippen molar-refractivity contribution >= 4 is 17.3 Å². The van der Waals surface area contributed by atoms with Gasteiger partial charge in [0.25, 0.3) is 5.56 Å². The lowest BCUT2D eigenvalue weighted by molar-refractivity contribution is -0.138. The van der Waals surface area contributed by atoms with Gasteiger partial charge in [0.05, 0.1) is 29.7 Å². The molecule has 0 fully saturated rings. The summed E-state index contributed by atoms with van der Waals surface area (Å²) in [4.78, 5) is 22.1. The highest BCUT2D eigenvalue weighted by molar-refractivity contribution is 6.33. The van der Waals surface area contributed by atoms with Gasteiger partial charge in [-0.1, -0.05) is 23.7 Å². The Bertz CT molecular complexity index is 1220. The molecule has 3 aromatic rings. The zero-order valence-corrected chi connectivity index (χ0v) is 17.4. The van der Waals surface area contributed by atoms with Crippen molar-refractivity contribution in [1.29, 1.82) is 0 Å². The number of hydrogen-bond donors (Lipinski definition) is 2. The summed E-state index contributed by atoms with van der Waals surface area (Å²) < 4.78 is 45.8. The molecule has 0 bridgehead atoms. The van der Waals surface area contributed by atoms with Gasteiger partial charge in [-0.2, -0.15) is 23.3 Å². The van der Waals surface area contributed by atoms with Gasteiger partial charge >= 0.3 is 6.18 Å². The lowest BCUT2D eigenvalue weighted by Crippen LogP contribution is -2.33. The Kier molecular flexibility index (Phi) is 5.78. The highest BCUT2D eigenvalue weighted by atomic mass is 35.5. The third-order valence-electron chi connectivity index (χ3n) is 4.94. The van der Waals surface area contributed by atoms with Crippen LogP contribution in [0.25, 0.3) is 0 Å². The van der Waals surface area contributed by atoms with E-state index in [0.29, 0.717) is 29.9 Å². The third-order valence-corrected chi connectivity index (χ3v) is 5.30. The van der Waals surface area contributed by atoms with E-state index in [1.807, 2.05) is 0 Å². The maximum atomic E-state index is 13.4. The summed E-state index contributed by atoms with van der Waals surface area (Å²) in [6, 6.07) is 4.82. The second-order valence-electron chi connectivity index (χ2n) is 7.15. The minimum absolute atomic E-state index is 0.000204. The summed E-state index contributed by atoms with van der Waals surface area (Å²) in [6.45, 7) is 1.97. The van der Waals surface area contributed by atoms with Crippen LogP contribution < -0.4 is 15.2 Å². The van der Waals surface area contributed by atoms with E-state index in [-0.39, 0.29) is 23.3 Å². The molecule has 2 N–H and O–H groups in total. The van der Waals surface area contributed by atoms with Crippen LogP contribution in [0, 0.1) is 0 Å². The van der Waals surface area contributed by atoms with Crippen LogP contribution in [0.1, 0.15) is 35.7 Å². The Morgan fingerprint density at radius 1 is 1.28 bits per heavy atom. The van der Waals surface area contributed by atoms with Crippen molar-refractivity contribution in [2.45, 2.75) is 32.2 Å². The van der Waals surface area contributed by atoms with Crippen molar-refractivity contribution in [1.82, 2.24) is 20.2 Å². The molecule has 3 heterocycles. The van der Waals surface area contributed by atoms with Crippen LogP contribution in [0.5, 0.6) is 11.6 Å². The van der Waals surface area contributed by atoms with Crippen LogP contribution >= 0.6 is 11.6 Å². The Morgan fingerprint density at radius 3 is 2.75 bits per heavy atom. The van der Waals surface area contributed by atoms with Crippen LogP contribution in [0.2, 0.25) is 5.02 Å². The van der Waals surface area contributed by atoms with Crippen molar-refractivity contribution in [2.75, 3.05) is 11.4 Å². The first-order chi connectivity index (χ1) is 15.1. The second-order valence-corrected chi connectivity index (χ2v) is 7.53. The Labute approximate surface area is 184 Å². The van der Waals surface area contributed by atoms with Crippen molar-refractivity contribution in [3.63, 3.8) is 0 Å². The Morgan fingerprint density at radius 2 is 2.03 bits per heavy atom. The second kappa shape index (κ2) is 8.40. The lowest BCUT2D eigenvalue weighted by Gasteiger charge is -2.31. The molecule has 2 aromatic heterocycles. The largest absolute Gasteiger partial charge is 0.438 e. The van der Waals surface area contributed by atoms with E-state index >= 15 is 0 Å². The molecule has 1 aromatic carbocycles. The van der Waals surface area contributed by atoms with E-state index in [1.54, 1.807) is 4.90 Å². The van der Waals surface area contributed by atoms with Gasteiger partial charge in [-0.15, -0.1) is 0 Å². The van der Waals surface area contributed by atoms with Crippen LogP contribution in [-0.2, 0) is 19.1 Å². The zero-order valence-electron chi connectivity index (χ0n) is 16.6. The molecule has 1 aliphatic heterocycles. The number of para-hydroxylation sites is 1. The molecule has 4 rings (SSSR count). The fraction of sp³-hybridized carbons (Fsp3) is 0.300. The maximum absolute atomic E-state index is 13.4. The summed E-state index contributed by atoms with van der Waals surface area (Å²) in [6.07, 6.45) is -3.98. The molecule has 0 radical (unpaired) electrons. The summed E-state index contributed by atoms with van der Waals surface area (Å²) in [7, 11) is 0. The molecule has 0 saturated heterocycles. The van der Waals surface area contributed by atoms with Crippen LogP contribution in [0.15, 0.2) is 35.3 Å². The van der Waals surface area contributed by atoms with Crippen molar-refractivity contribution < 1.29 is 23.0 Å². The summed E-state index contributed by atoms with van der Waals surface area (Å²) >= 11 is 6.10. The van der Waals surface area contributed by atoms with Crippen molar-refractivity contribution in [3.05, 3.63) is 68.5 Å². The van der Waals surface area contributed by atoms with Gasteiger partial charge < -0.3 is 14.7 Å². The van der Waals surface area contributed by atoms with Gasteiger partial charge in [0, 0.05) is 12.1 Å².